The molecule has 0 radical (unpaired) electrons. The quantitative estimate of drug-likeness (QED) is 0.886. The number of anilines is 1. The van der Waals surface area contributed by atoms with Crippen LogP contribution in [0, 0.1) is 5.92 Å². The smallest absolute Gasteiger partial charge is 0.145 e. The summed E-state index contributed by atoms with van der Waals surface area (Å²) in [5, 5.41) is 3.50. The summed E-state index contributed by atoms with van der Waals surface area (Å²) >= 11 is 0. The maximum absolute atomic E-state index is 5.40. The van der Waals surface area contributed by atoms with Gasteiger partial charge in [0.2, 0.25) is 0 Å². The molecule has 1 aromatic carbocycles. The first-order chi connectivity index (χ1) is 9.22. The van der Waals surface area contributed by atoms with Crippen molar-refractivity contribution in [2.75, 3.05) is 46.2 Å². The molecule has 1 aliphatic heterocycles. The Labute approximate surface area is 115 Å². The zero-order valence-corrected chi connectivity index (χ0v) is 12.1. The molecule has 1 N–H and O–H groups in total. The maximum atomic E-state index is 5.40. The van der Waals surface area contributed by atoms with Crippen LogP contribution in [0.2, 0.25) is 0 Å². The number of nitrogens with one attached hydrogen (secondary N) is 1. The second kappa shape index (κ2) is 6.66. The lowest BCUT2D eigenvalue weighted by molar-refractivity contribution is 0.217. The van der Waals surface area contributed by atoms with Crippen molar-refractivity contribution in [2.45, 2.75) is 12.8 Å². The predicted molar refractivity (Wildman–Crippen MR) is 78.3 cm³/mol. The van der Waals surface area contributed by atoms with Crippen LogP contribution in [-0.2, 0) is 0 Å². The lowest BCUT2D eigenvalue weighted by Crippen LogP contribution is -2.35. The van der Waals surface area contributed by atoms with E-state index in [4.69, 9.17) is 9.47 Å². The van der Waals surface area contributed by atoms with Gasteiger partial charge in [0.15, 0.2) is 0 Å². The second-order valence-corrected chi connectivity index (χ2v) is 5.22. The van der Waals surface area contributed by atoms with Crippen LogP contribution in [0.3, 0.4) is 0 Å². The molecule has 1 fully saturated rings. The maximum Gasteiger partial charge on any atom is 0.145 e. The number of likely N-dealkylation sites (tertiary alicyclic amines) is 1. The highest BCUT2D eigenvalue weighted by molar-refractivity contribution is 5.59. The van der Waals surface area contributed by atoms with Gasteiger partial charge in [0, 0.05) is 19.2 Å². The second-order valence-electron chi connectivity index (χ2n) is 5.22. The van der Waals surface area contributed by atoms with E-state index in [1.165, 1.54) is 25.9 Å². The number of benzene rings is 1. The summed E-state index contributed by atoms with van der Waals surface area (Å²) in [7, 11) is 5.55. The number of nitrogens with zero attached hydrogens (tertiary/aromatic N) is 1. The SMILES string of the molecule is COc1ccc(NCC2CCCN(C)C2)c(OC)c1. The van der Waals surface area contributed by atoms with E-state index >= 15 is 0 Å². The van der Waals surface area contributed by atoms with Crippen LogP contribution in [0.1, 0.15) is 12.8 Å². The molecule has 1 heterocycles. The molecule has 1 saturated heterocycles. The molecule has 1 atom stereocenters. The Morgan fingerprint density at radius 3 is 2.84 bits per heavy atom. The van der Waals surface area contributed by atoms with Crippen molar-refractivity contribution < 1.29 is 9.47 Å². The molecule has 4 nitrogen and oxygen atoms in total. The molecule has 0 aromatic heterocycles. The van der Waals surface area contributed by atoms with Gasteiger partial charge in [-0.3, -0.25) is 0 Å². The Hall–Kier alpha value is -1.42. The van der Waals surface area contributed by atoms with Crippen molar-refractivity contribution in [2.24, 2.45) is 5.92 Å². The monoisotopic (exact) mass is 264 g/mol. The Kier molecular flexibility index (Phi) is 4.91. The molecule has 0 spiro atoms. The summed E-state index contributed by atoms with van der Waals surface area (Å²) in [4.78, 5) is 2.40. The highest BCUT2D eigenvalue weighted by Gasteiger charge is 2.17. The minimum Gasteiger partial charge on any atom is -0.497 e. The lowest BCUT2D eigenvalue weighted by Gasteiger charge is -2.30. The van der Waals surface area contributed by atoms with Gasteiger partial charge in [-0.25, -0.2) is 0 Å². The van der Waals surface area contributed by atoms with Gasteiger partial charge in [-0.05, 0) is 44.5 Å². The third-order valence-corrected chi connectivity index (χ3v) is 3.71. The van der Waals surface area contributed by atoms with Crippen LogP contribution in [0.15, 0.2) is 18.2 Å². The minimum absolute atomic E-state index is 0.713. The molecule has 1 aromatic rings. The largest absolute Gasteiger partial charge is 0.497 e. The molecule has 4 heteroatoms. The molecule has 19 heavy (non-hydrogen) atoms. The van der Waals surface area contributed by atoms with Gasteiger partial charge in [0.25, 0.3) is 0 Å². The number of piperidine rings is 1. The molecule has 1 unspecified atom stereocenters. The van der Waals surface area contributed by atoms with E-state index in [1.54, 1.807) is 14.2 Å². The van der Waals surface area contributed by atoms with Crippen molar-refractivity contribution in [3.63, 3.8) is 0 Å². The van der Waals surface area contributed by atoms with E-state index < -0.39 is 0 Å². The van der Waals surface area contributed by atoms with Gasteiger partial charge in [-0.15, -0.1) is 0 Å². The van der Waals surface area contributed by atoms with Crippen molar-refractivity contribution in [1.29, 1.82) is 0 Å². The number of ether oxygens (including phenoxy) is 2. The lowest BCUT2D eigenvalue weighted by atomic mass is 9.98. The topological polar surface area (TPSA) is 33.7 Å². The van der Waals surface area contributed by atoms with Crippen molar-refractivity contribution >= 4 is 5.69 Å². The number of methoxy groups -OCH3 is 2. The number of hydrogen-bond acceptors (Lipinski definition) is 4. The summed E-state index contributed by atoms with van der Waals surface area (Å²) in [6.45, 7) is 3.39. The average Bonchev–Trinajstić information content (AvgIpc) is 2.45. The van der Waals surface area contributed by atoms with Gasteiger partial charge in [-0.2, -0.15) is 0 Å². The molecule has 106 valence electrons. The minimum atomic E-state index is 0.713. The zero-order chi connectivity index (χ0) is 13.7. The summed E-state index contributed by atoms with van der Waals surface area (Å²) in [6.07, 6.45) is 2.60. The summed E-state index contributed by atoms with van der Waals surface area (Å²) in [5.74, 6) is 2.37. The first-order valence-electron chi connectivity index (χ1n) is 6.87. The van der Waals surface area contributed by atoms with E-state index in [2.05, 4.69) is 17.3 Å². The van der Waals surface area contributed by atoms with E-state index in [0.717, 1.165) is 23.7 Å². The standard InChI is InChI=1S/C15H24N2O2/c1-17-8-4-5-12(11-17)10-16-14-7-6-13(18-2)9-15(14)19-3/h6-7,9,12,16H,4-5,8,10-11H2,1-3H3. The summed E-state index contributed by atoms with van der Waals surface area (Å²) in [5.41, 5.74) is 1.04. The van der Waals surface area contributed by atoms with Gasteiger partial charge in [0.1, 0.15) is 11.5 Å². The first kappa shape index (κ1) is 14.0. The average molecular weight is 264 g/mol. The highest BCUT2D eigenvalue weighted by atomic mass is 16.5. The fourth-order valence-corrected chi connectivity index (χ4v) is 2.64. The predicted octanol–water partition coefficient (Wildman–Crippen LogP) is 2.46. The van der Waals surface area contributed by atoms with Gasteiger partial charge < -0.3 is 19.7 Å². The zero-order valence-electron chi connectivity index (χ0n) is 12.1. The first-order valence-corrected chi connectivity index (χ1v) is 6.87. The van der Waals surface area contributed by atoms with Crippen LogP contribution in [0.5, 0.6) is 11.5 Å². The van der Waals surface area contributed by atoms with Crippen LogP contribution in [0.25, 0.3) is 0 Å². The Balaban J connectivity index is 1.95. The van der Waals surface area contributed by atoms with E-state index in [0.29, 0.717) is 5.92 Å². The number of rotatable bonds is 5. The molecular formula is C15H24N2O2. The highest BCUT2D eigenvalue weighted by Crippen LogP contribution is 2.29. The van der Waals surface area contributed by atoms with Crippen molar-refractivity contribution in [3.8, 4) is 11.5 Å². The molecule has 0 amide bonds. The van der Waals surface area contributed by atoms with Gasteiger partial charge >= 0.3 is 0 Å². The van der Waals surface area contributed by atoms with Gasteiger partial charge in [-0.1, -0.05) is 0 Å². The Bertz CT molecular complexity index is 409. The molecule has 0 bridgehead atoms. The number of hydrogen-bond donors (Lipinski definition) is 1. The van der Waals surface area contributed by atoms with Gasteiger partial charge in [0.05, 0.1) is 19.9 Å². The molecule has 0 saturated carbocycles. The van der Waals surface area contributed by atoms with E-state index in [1.807, 2.05) is 18.2 Å². The fourth-order valence-electron chi connectivity index (χ4n) is 2.64. The third-order valence-electron chi connectivity index (χ3n) is 3.71. The molecule has 2 rings (SSSR count). The van der Waals surface area contributed by atoms with Crippen LogP contribution >= 0.6 is 0 Å². The van der Waals surface area contributed by atoms with Crippen LogP contribution in [-0.4, -0.2) is 45.8 Å². The summed E-state index contributed by atoms with van der Waals surface area (Å²) in [6, 6.07) is 5.89. The normalized spacial score (nSPS) is 20.1. The Morgan fingerprint density at radius 2 is 2.16 bits per heavy atom. The fraction of sp³-hybridized carbons (Fsp3) is 0.600. The van der Waals surface area contributed by atoms with Crippen molar-refractivity contribution in [3.05, 3.63) is 18.2 Å². The molecule has 0 aliphatic carbocycles. The molecule has 1 aliphatic rings. The Morgan fingerprint density at radius 1 is 1.32 bits per heavy atom. The van der Waals surface area contributed by atoms with Crippen molar-refractivity contribution in [1.82, 2.24) is 4.90 Å². The van der Waals surface area contributed by atoms with Crippen LogP contribution < -0.4 is 14.8 Å². The van der Waals surface area contributed by atoms with E-state index in [-0.39, 0.29) is 0 Å². The third kappa shape index (κ3) is 3.77. The summed E-state index contributed by atoms with van der Waals surface area (Å²) < 4.78 is 10.6. The van der Waals surface area contributed by atoms with E-state index in [9.17, 15) is 0 Å². The van der Waals surface area contributed by atoms with Crippen LogP contribution in [0.4, 0.5) is 5.69 Å². The molecular weight excluding hydrogens is 240 g/mol.